The molecule has 0 radical (unpaired) electrons. The topological polar surface area (TPSA) is 72.4 Å². The maximum atomic E-state index is 11.3. The maximum absolute atomic E-state index is 11.3. The lowest BCUT2D eigenvalue weighted by molar-refractivity contribution is -0.384. The summed E-state index contributed by atoms with van der Waals surface area (Å²) in [6.45, 7) is 5.48. The van der Waals surface area contributed by atoms with Gasteiger partial charge in [0.1, 0.15) is 11.5 Å². The second-order valence-electron chi connectivity index (χ2n) is 6.02. The van der Waals surface area contributed by atoms with E-state index in [-0.39, 0.29) is 10.6 Å². The second-order valence-corrected chi connectivity index (χ2v) is 6.83. The Morgan fingerprint density at radius 1 is 1.32 bits per heavy atom. The van der Waals surface area contributed by atoms with Crippen LogP contribution in [-0.4, -0.2) is 50.3 Å². The minimum atomic E-state index is -0.385. The number of nitro groups is 1. The van der Waals surface area contributed by atoms with Gasteiger partial charge in [-0.1, -0.05) is 11.6 Å². The number of halogens is 1. The molecule has 134 valence electrons. The van der Waals surface area contributed by atoms with Gasteiger partial charge in [-0.3, -0.25) is 15.0 Å². The second kappa shape index (κ2) is 7.11. The Morgan fingerprint density at radius 2 is 2.00 bits per heavy atom. The van der Waals surface area contributed by atoms with Crippen LogP contribution in [0.15, 0.2) is 18.2 Å². The highest BCUT2D eigenvalue weighted by atomic mass is 35.5. The van der Waals surface area contributed by atoms with Crippen molar-refractivity contribution < 1.29 is 4.92 Å². The molecule has 3 rings (SSSR count). The van der Waals surface area contributed by atoms with Crippen molar-refractivity contribution in [1.82, 2.24) is 19.2 Å². The molecule has 0 bridgehead atoms. The molecule has 1 aromatic carbocycles. The molecule has 1 saturated heterocycles. The highest BCUT2D eigenvalue weighted by molar-refractivity contribution is 7.71. The molecule has 0 saturated carbocycles. The minimum absolute atomic E-state index is 0.0449. The lowest BCUT2D eigenvalue weighted by Gasteiger charge is -2.35. The number of aryl methyl sites for hydroxylation is 1. The van der Waals surface area contributed by atoms with Gasteiger partial charge in [0.25, 0.3) is 5.69 Å². The third-order valence-electron chi connectivity index (χ3n) is 4.44. The van der Waals surface area contributed by atoms with Gasteiger partial charge in [-0.15, -0.1) is 0 Å². The fourth-order valence-corrected chi connectivity index (χ4v) is 3.32. The van der Waals surface area contributed by atoms with Gasteiger partial charge in [0.15, 0.2) is 4.77 Å². The summed E-state index contributed by atoms with van der Waals surface area (Å²) in [5.74, 6) is 0.875. The van der Waals surface area contributed by atoms with E-state index in [1.54, 1.807) is 12.1 Å². The number of nitro benzene ring substituents is 1. The predicted octanol–water partition coefficient (Wildman–Crippen LogP) is 2.60. The lowest BCUT2D eigenvalue weighted by atomic mass is 10.2. The fourth-order valence-electron chi connectivity index (χ4n) is 2.92. The number of aromatic nitrogens is 3. The summed E-state index contributed by atoms with van der Waals surface area (Å²) < 4.78 is 4.38. The molecule has 8 nitrogen and oxygen atoms in total. The Labute approximate surface area is 155 Å². The van der Waals surface area contributed by atoms with Crippen molar-refractivity contribution in [3.8, 4) is 0 Å². The van der Waals surface area contributed by atoms with Gasteiger partial charge in [0, 0.05) is 44.3 Å². The van der Waals surface area contributed by atoms with E-state index < -0.39 is 0 Å². The van der Waals surface area contributed by atoms with Gasteiger partial charge in [0.05, 0.1) is 11.6 Å². The summed E-state index contributed by atoms with van der Waals surface area (Å²) in [4.78, 5) is 15.2. The van der Waals surface area contributed by atoms with E-state index in [0.29, 0.717) is 35.2 Å². The van der Waals surface area contributed by atoms with Crippen molar-refractivity contribution >= 4 is 35.2 Å². The number of rotatable bonds is 4. The number of hydrogen-bond acceptors (Lipinski definition) is 6. The highest BCUT2D eigenvalue weighted by Crippen LogP contribution is 2.31. The molecule has 0 amide bonds. The van der Waals surface area contributed by atoms with E-state index in [1.807, 2.05) is 28.1 Å². The van der Waals surface area contributed by atoms with E-state index >= 15 is 0 Å². The van der Waals surface area contributed by atoms with Crippen LogP contribution in [0.25, 0.3) is 0 Å². The molecule has 1 aliphatic heterocycles. The molecule has 1 aromatic heterocycles. The summed E-state index contributed by atoms with van der Waals surface area (Å²) in [5.41, 5.74) is 0.655. The number of anilines is 1. The normalized spacial score (nSPS) is 15.6. The minimum Gasteiger partial charge on any atom is -0.363 e. The SMILES string of the molecule is Cc1nn(CN2CCN(c3ccc(Cl)cc3[N+](=O)[O-])CC2)c(=S)n1C. The Hall–Kier alpha value is -1.97. The first kappa shape index (κ1) is 17.8. The van der Waals surface area contributed by atoms with Gasteiger partial charge in [-0.2, -0.15) is 5.10 Å². The van der Waals surface area contributed by atoms with Crippen LogP contribution in [0.2, 0.25) is 5.02 Å². The van der Waals surface area contributed by atoms with Gasteiger partial charge >= 0.3 is 0 Å². The van der Waals surface area contributed by atoms with Crippen LogP contribution >= 0.6 is 23.8 Å². The molecule has 0 atom stereocenters. The van der Waals surface area contributed by atoms with Crippen molar-refractivity contribution in [1.29, 1.82) is 0 Å². The van der Waals surface area contributed by atoms with Crippen molar-refractivity contribution in [2.24, 2.45) is 7.05 Å². The molecule has 1 fully saturated rings. The first-order valence-corrected chi connectivity index (χ1v) is 8.67. The molecule has 2 heterocycles. The van der Waals surface area contributed by atoms with Crippen molar-refractivity contribution in [2.75, 3.05) is 31.1 Å². The van der Waals surface area contributed by atoms with Crippen molar-refractivity contribution in [3.05, 3.63) is 43.9 Å². The molecular weight excluding hydrogens is 364 g/mol. The van der Waals surface area contributed by atoms with Crippen LogP contribution in [-0.2, 0) is 13.7 Å². The molecule has 10 heteroatoms. The van der Waals surface area contributed by atoms with E-state index in [4.69, 9.17) is 23.8 Å². The first-order valence-electron chi connectivity index (χ1n) is 7.88. The third-order valence-corrected chi connectivity index (χ3v) is 5.16. The zero-order valence-electron chi connectivity index (χ0n) is 14.1. The number of benzene rings is 1. The Balaban J connectivity index is 1.69. The average Bonchev–Trinajstić information content (AvgIpc) is 2.82. The number of piperazine rings is 1. The summed E-state index contributed by atoms with van der Waals surface area (Å²) in [5, 5.41) is 16.1. The van der Waals surface area contributed by atoms with Crippen LogP contribution in [0, 0.1) is 21.8 Å². The predicted molar refractivity (Wildman–Crippen MR) is 98.7 cm³/mol. The molecule has 1 aliphatic rings. The van der Waals surface area contributed by atoms with Gasteiger partial charge < -0.3 is 9.47 Å². The van der Waals surface area contributed by atoms with Crippen LogP contribution in [0.1, 0.15) is 5.82 Å². The van der Waals surface area contributed by atoms with Gasteiger partial charge in [-0.05, 0) is 31.3 Å². The third kappa shape index (κ3) is 3.68. The zero-order chi connectivity index (χ0) is 18.1. The Bertz CT molecular complexity index is 856. The van der Waals surface area contributed by atoms with E-state index in [2.05, 4.69) is 10.00 Å². The van der Waals surface area contributed by atoms with Crippen LogP contribution in [0.5, 0.6) is 0 Å². The van der Waals surface area contributed by atoms with Crippen LogP contribution < -0.4 is 4.90 Å². The smallest absolute Gasteiger partial charge is 0.294 e. The largest absolute Gasteiger partial charge is 0.363 e. The van der Waals surface area contributed by atoms with Gasteiger partial charge in [0.2, 0.25) is 0 Å². The van der Waals surface area contributed by atoms with Crippen LogP contribution in [0.3, 0.4) is 0 Å². The van der Waals surface area contributed by atoms with E-state index in [1.165, 1.54) is 6.07 Å². The molecular formula is C15H19ClN6O2S. The quantitative estimate of drug-likeness (QED) is 0.460. The van der Waals surface area contributed by atoms with Crippen LogP contribution in [0.4, 0.5) is 11.4 Å². The van der Waals surface area contributed by atoms with Crippen molar-refractivity contribution in [2.45, 2.75) is 13.6 Å². The van der Waals surface area contributed by atoms with Gasteiger partial charge in [-0.25, -0.2) is 4.68 Å². The van der Waals surface area contributed by atoms with E-state index in [9.17, 15) is 10.1 Å². The summed E-state index contributed by atoms with van der Waals surface area (Å²) in [7, 11) is 1.90. The molecule has 0 unspecified atom stereocenters. The molecule has 0 aliphatic carbocycles. The van der Waals surface area contributed by atoms with E-state index in [0.717, 1.165) is 18.9 Å². The maximum Gasteiger partial charge on any atom is 0.294 e. The number of hydrogen-bond donors (Lipinski definition) is 0. The average molecular weight is 383 g/mol. The molecule has 0 N–H and O–H groups in total. The fraction of sp³-hybridized carbons (Fsp3) is 0.467. The highest BCUT2D eigenvalue weighted by Gasteiger charge is 2.24. The summed E-state index contributed by atoms with van der Waals surface area (Å²) in [6, 6.07) is 4.81. The first-order chi connectivity index (χ1) is 11.9. The molecule has 2 aromatic rings. The molecule has 0 spiro atoms. The Kier molecular flexibility index (Phi) is 5.07. The monoisotopic (exact) mass is 382 g/mol. The molecule has 25 heavy (non-hydrogen) atoms. The number of nitrogens with zero attached hydrogens (tertiary/aromatic N) is 6. The Morgan fingerprint density at radius 3 is 2.56 bits per heavy atom. The summed E-state index contributed by atoms with van der Waals surface area (Å²) >= 11 is 11.3. The zero-order valence-corrected chi connectivity index (χ0v) is 15.6. The summed E-state index contributed by atoms with van der Waals surface area (Å²) in [6.07, 6.45) is 0. The lowest BCUT2D eigenvalue weighted by Crippen LogP contribution is -2.47. The standard InChI is InChI=1S/C15H19ClN6O2S/c1-11-17-21(15(25)18(11)2)10-19-5-7-20(8-6-19)13-4-3-12(16)9-14(13)22(23)24/h3-4,9H,5-8,10H2,1-2H3. The van der Waals surface area contributed by atoms with Crippen molar-refractivity contribution in [3.63, 3.8) is 0 Å².